The highest BCUT2D eigenvalue weighted by molar-refractivity contribution is 6.03. The fourth-order valence-corrected chi connectivity index (χ4v) is 3.89. The van der Waals surface area contributed by atoms with Gasteiger partial charge in [0.1, 0.15) is 24.2 Å². The second-order valence-electron chi connectivity index (χ2n) is 8.45. The van der Waals surface area contributed by atoms with Crippen LogP contribution in [0, 0.1) is 5.82 Å². The summed E-state index contributed by atoms with van der Waals surface area (Å²) in [7, 11) is 1.43. The first-order valence-electron chi connectivity index (χ1n) is 11.6. The maximum Gasteiger partial charge on any atom is 0.416 e. The van der Waals surface area contributed by atoms with Gasteiger partial charge in [0.05, 0.1) is 24.1 Å². The molecule has 200 valence electrons. The number of methoxy groups -OCH3 is 1. The first-order chi connectivity index (χ1) is 18.2. The maximum atomic E-state index is 13.4. The van der Waals surface area contributed by atoms with E-state index in [1.165, 1.54) is 35.4 Å². The summed E-state index contributed by atoms with van der Waals surface area (Å²) in [4.78, 5) is 27.5. The van der Waals surface area contributed by atoms with Crippen molar-refractivity contribution in [3.05, 3.63) is 89.6 Å². The smallest absolute Gasteiger partial charge is 0.416 e. The number of benzene rings is 2. The van der Waals surface area contributed by atoms with Gasteiger partial charge in [-0.25, -0.2) is 14.2 Å². The molecule has 1 aliphatic rings. The van der Waals surface area contributed by atoms with Gasteiger partial charge in [-0.15, -0.1) is 0 Å². The van der Waals surface area contributed by atoms with Crippen molar-refractivity contribution in [3.63, 3.8) is 0 Å². The second-order valence-corrected chi connectivity index (χ2v) is 8.45. The van der Waals surface area contributed by atoms with Gasteiger partial charge in [0.15, 0.2) is 0 Å². The Bertz CT molecular complexity index is 1280. The summed E-state index contributed by atoms with van der Waals surface area (Å²) in [6, 6.07) is 11.8. The van der Waals surface area contributed by atoms with Crippen LogP contribution in [0.3, 0.4) is 0 Å². The number of carbonyl (C=O) groups excluding carboxylic acids is 2. The molecule has 38 heavy (non-hydrogen) atoms. The van der Waals surface area contributed by atoms with E-state index in [0.717, 1.165) is 24.3 Å². The van der Waals surface area contributed by atoms with Gasteiger partial charge in [-0.3, -0.25) is 4.79 Å². The van der Waals surface area contributed by atoms with Crippen molar-refractivity contribution < 1.29 is 36.3 Å². The predicted molar refractivity (Wildman–Crippen MR) is 130 cm³/mol. The molecule has 4 rings (SSSR count). The molecule has 3 amide bonds. The van der Waals surface area contributed by atoms with E-state index >= 15 is 0 Å². The second kappa shape index (κ2) is 11.5. The number of nitrogens with one attached hydrogen (secondary N) is 1. The van der Waals surface area contributed by atoms with Crippen LogP contribution in [0.1, 0.15) is 29.3 Å². The van der Waals surface area contributed by atoms with Gasteiger partial charge in [0.2, 0.25) is 0 Å². The molecular weight excluding hydrogens is 508 g/mol. The number of hydrogen-bond donors (Lipinski definition) is 1. The molecule has 0 saturated heterocycles. The number of carbonyl (C=O) groups is 2. The Hall–Kier alpha value is -4.19. The zero-order chi connectivity index (χ0) is 27.3. The highest BCUT2D eigenvalue weighted by Crippen LogP contribution is 2.33. The van der Waals surface area contributed by atoms with Crippen molar-refractivity contribution in [1.29, 1.82) is 0 Å². The minimum Gasteiger partial charge on any atom is -0.467 e. The van der Waals surface area contributed by atoms with Gasteiger partial charge in [0.25, 0.3) is 5.91 Å². The average molecular weight is 532 g/mol. The lowest BCUT2D eigenvalue weighted by molar-refractivity contribution is -0.137. The Morgan fingerprint density at radius 3 is 2.45 bits per heavy atom. The Morgan fingerprint density at radius 1 is 1.13 bits per heavy atom. The molecule has 1 N–H and O–H groups in total. The van der Waals surface area contributed by atoms with Crippen molar-refractivity contribution in [3.8, 4) is 0 Å². The van der Waals surface area contributed by atoms with Crippen LogP contribution < -0.4 is 5.32 Å². The molecule has 0 bridgehead atoms. The molecule has 0 fully saturated rings. The first-order valence-corrected chi connectivity index (χ1v) is 11.6. The lowest BCUT2D eigenvalue weighted by Crippen LogP contribution is -2.44. The number of nitrogens with zero attached hydrogens (tertiary/aromatic N) is 3. The molecule has 3 aromatic rings. The molecule has 0 spiro atoms. The molecule has 8 nitrogen and oxygen atoms in total. The number of rotatable bonds is 8. The van der Waals surface area contributed by atoms with Crippen molar-refractivity contribution in [2.45, 2.75) is 18.6 Å². The molecule has 2 aromatic carbocycles. The van der Waals surface area contributed by atoms with Crippen molar-refractivity contribution in [2.75, 3.05) is 32.1 Å². The molecule has 0 aliphatic carbocycles. The minimum atomic E-state index is -4.51. The third-order valence-electron chi connectivity index (χ3n) is 5.86. The Kier molecular flexibility index (Phi) is 8.10. The van der Waals surface area contributed by atoms with Crippen LogP contribution in [0.25, 0.3) is 0 Å². The van der Waals surface area contributed by atoms with E-state index in [0.29, 0.717) is 23.5 Å². The fraction of sp³-hybridized carbons (Fsp3) is 0.269. The number of hydrazone groups is 1. The lowest BCUT2D eigenvalue weighted by Gasteiger charge is -2.26. The minimum absolute atomic E-state index is 0.0303. The number of amides is 3. The van der Waals surface area contributed by atoms with Crippen LogP contribution in [-0.2, 0) is 15.7 Å². The quantitative estimate of drug-likeness (QED) is 0.399. The van der Waals surface area contributed by atoms with Gasteiger partial charge in [-0.05, 0) is 54.1 Å². The van der Waals surface area contributed by atoms with Gasteiger partial charge in [-0.2, -0.15) is 18.3 Å². The number of hydrogen-bond acceptors (Lipinski definition) is 5. The third-order valence-corrected chi connectivity index (χ3v) is 5.86. The zero-order valence-corrected chi connectivity index (χ0v) is 20.2. The van der Waals surface area contributed by atoms with E-state index in [-0.39, 0.29) is 18.8 Å². The molecule has 1 atom stereocenters. The number of anilines is 1. The monoisotopic (exact) mass is 532 g/mol. The van der Waals surface area contributed by atoms with E-state index in [2.05, 4.69) is 10.4 Å². The number of alkyl halides is 3. The summed E-state index contributed by atoms with van der Waals surface area (Å²) < 4.78 is 62.5. The highest BCUT2D eigenvalue weighted by Gasteiger charge is 2.36. The normalized spacial score (nSPS) is 15.3. The van der Waals surface area contributed by atoms with Gasteiger partial charge in [-0.1, -0.05) is 12.1 Å². The Labute approximate surface area is 215 Å². The average Bonchev–Trinajstić information content (AvgIpc) is 3.57. The molecule has 0 radical (unpaired) electrons. The molecule has 1 aliphatic heterocycles. The molecule has 0 saturated carbocycles. The van der Waals surface area contributed by atoms with Crippen molar-refractivity contribution >= 4 is 23.3 Å². The number of furan rings is 1. The van der Waals surface area contributed by atoms with E-state index < -0.39 is 42.1 Å². The van der Waals surface area contributed by atoms with Crippen LogP contribution in [0.2, 0.25) is 0 Å². The van der Waals surface area contributed by atoms with Crippen molar-refractivity contribution in [2.24, 2.45) is 5.10 Å². The maximum absolute atomic E-state index is 13.4. The van der Waals surface area contributed by atoms with Crippen LogP contribution in [0.15, 0.2) is 76.4 Å². The van der Waals surface area contributed by atoms with Crippen LogP contribution >= 0.6 is 0 Å². The lowest BCUT2D eigenvalue weighted by atomic mass is 10.0. The highest BCUT2D eigenvalue weighted by atomic mass is 19.4. The Morgan fingerprint density at radius 2 is 1.84 bits per heavy atom. The Balaban J connectivity index is 1.52. The molecule has 2 heterocycles. The standard InChI is InChI=1S/C26H24F4N4O4/c1-37-14-12-33(25(36)31-20-10-6-18(7-11-20)26(28,29)30)16-24(35)34-22(23-3-2-13-38-23)15-21(32-34)17-4-8-19(27)9-5-17/h2-11,13,22H,12,14-16H2,1H3,(H,31,36)/t22-/m0/s1. The summed E-state index contributed by atoms with van der Waals surface area (Å²) in [6.45, 7) is -0.255. The fourth-order valence-electron chi connectivity index (χ4n) is 3.89. The third kappa shape index (κ3) is 6.38. The molecule has 0 unspecified atom stereocenters. The summed E-state index contributed by atoms with van der Waals surface area (Å²) in [5.41, 5.74) is 0.450. The van der Waals surface area contributed by atoms with Gasteiger partial charge in [0, 0.05) is 25.8 Å². The predicted octanol–water partition coefficient (Wildman–Crippen LogP) is 5.30. The first kappa shape index (κ1) is 26.9. The molecule has 12 heteroatoms. The summed E-state index contributed by atoms with van der Waals surface area (Å²) in [6.07, 6.45) is -2.73. The van der Waals surface area contributed by atoms with Crippen LogP contribution in [0.4, 0.5) is 28.0 Å². The largest absolute Gasteiger partial charge is 0.467 e. The van der Waals surface area contributed by atoms with Gasteiger partial charge < -0.3 is 19.4 Å². The number of halogens is 4. The summed E-state index contributed by atoms with van der Waals surface area (Å²) >= 11 is 0. The zero-order valence-electron chi connectivity index (χ0n) is 20.2. The topological polar surface area (TPSA) is 87.4 Å². The summed E-state index contributed by atoms with van der Waals surface area (Å²) in [5.74, 6) is -0.449. The van der Waals surface area contributed by atoms with E-state index in [1.54, 1.807) is 24.3 Å². The molecular formula is C26H24F4N4O4. The van der Waals surface area contributed by atoms with Crippen LogP contribution in [0.5, 0.6) is 0 Å². The number of urea groups is 1. The summed E-state index contributed by atoms with van der Waals surface area (Å²) in [5, 5.41) is 8.19. The van der Waals surface area contributed by atoms with E-state index in [9.17, 15) is 27.2 Å². The van der Waals surface area contributed by atoms with Crippen molar-refractivity contribution in [1.82, 2.24) is 9.91 Å². The molecule has 1 aromatic heterocycles. The number of ether oxygens (including phenoxy) is 1. The SMILES string of the molecule is COCCN(CC(=O)N1N=C(c2ccc(F)cc2)C[C@H]1c1ccco1)C(=O)Nc1ccc(C(F)(F)F)cc1. The van der Waals surface area contributed by atoms with Gasteiger partial charge >= 0.3 is 12.2 Å². The van der Waals surface area contributed by atoms with Crippen LogP contribution in [-0.4, -0.2) is 54.4 Å². The van der Waals surface area contributed by atoms with E-state index in [4.69, 9.17) is 9.15 Å². The van der Waals surface area contributed by atoms with E-state index in [1.807, 2.05) is 0 Å².